The van der Waals surface area contributed by atoms with Crippen LogP contribution in [0.5, 0.6) is 0 Å². The van der Waals surface area contributed by atoms with Crippen LogP contribution in [-0.2, 0) is 11.3 Å². The third kappa shape index (κ3) is 3.50. The second-order valence-electron chi connectivity index (χ2n) is 6.49. The number of rotatable bonds is 3. The Labute approximate surface area is 164 Å². The van der Waals surface area contributed by atoms with Crippen molar-refractivity contribution in [3.63, 3.8) is 0 Å². The molecule has 1 fully saturated rings. The Morgan fingerprint density at radius 3 is 2.57 bits per heavy atom. The zero-order valence-corrected chi connectivity index (χ0v) is 15.6. The van der Waals surface area contributed by atoms with Crippen molar-refractivity contribution in [2.24, 2.45) is 0 Å². The number of fused-ring (bicyclic) bond motifs is 1. The number of hydrogen-bond acceptors (Lipinski definition) is 5. The number of benzene rings is 1. The molecule has 1 aliphatic rings. The number of halogens is 1. The predicted octanol–water partition coefficient (Wildman–Crippen LogP) is 1.63. The number of hydrogen-bond donors (Lipinski definition) is 0. The van der Waals surface area contributed by atoms with Gasteiger partial charge in [0.1, 0.15) is 6.54 Å². The van der Waals surface area contributed by atoms with Crippen LogP contribution in [0, 0.1) is 0 Å². The van der Waals surface area contributed by atoms with Gasteiger partial charge in [0.25, 0.3) is 11.5 Å². The number of amides is 2. The van der Waals surface area contributed by atoms with Crippen molar-refractivity contribution < 1.29 is 14.0 Å². The molecule has 4 rings (SSSR count). The molecule has 9 heteroatoms. The van der Waals surface area contributed by atoms with Gasteiger partial charge in [0.2, 0.25) is 5.91 Å². The van der Waals surface area contributed by atoms with E-state index >= 15 is 0 Å². The van der Waals surface area contributed by atoms with Gasteiger partial charge in [-0.25, -0.2) is 4.98 Å². The minimum absolute atomic E-state index is 0.111. The Morgan fingerprint density at radius 2 is 1.86 bits per heavy atom. The zero-order valence-electron chi connectivity index (χ0n) is 14.9. The van der Waals surface area contributed by atoms with E-state index < -0.39 is 0 Å². The molecule has 3 aromatic rings. The maximum atomic E-state index is 12.6. The lowest BCUT2D eigenvalue weighted by molar-refractivity contribution is -0.133. The number of nitrogens with zero attached hydrogens (tertiary/aromatic N) is 4. The summed E-state index contributed by atoms with van der Waals surface area (Å²) in [6.45, 7) is 1.50. The van der Waals surface area contributed by atoms with Gasteiger partial charge in [-0.2, -0.15) is 0 Å². The average Bonchev–Trinajstić information content (AvgIpc) is 3.25. The van der Waals surface area contributed by atoms with Crippen LogP contribution in [-0.4, -0.2) is 57.3 Å². The number of furan rings is 1. The van der Waals surface area contributed by atoms with Crippen molar-refractivity contribution >= 4 is 34.3 Å². The van der Waals surface area contributed by atoms with Crippen LogP contribution in [0.3, 0.4) is 0 Å². The third-order valence-corrected chi connectivity index (χ3v) is 4.98. The first-order valence-electron chi connectivity index (χ1n) is 8.78. The molecule has 1 aliphatic heterocycles. The van der Waals surface area contributed by atoms with Crippen molar-refractivity contribution in [2.45, 2.75) is 6.54 Å². The van der Waals surface area contributed by atoms with Crippen LogP contribution in [0.2, 0.25) is 5.02 Å². The predicted molar refractivity (Wildman–Crippen MR) is 102 cm³/mol. The van der Waals surface area contributed by atoms with Gasteiger partial charge < -0.3 is 14.2 Å². The minimum atomic E-state index is -0.313. The summed E-state index contributed by atoms with van der Waals surface area (Å²) in [6.07, 6.45) is 2.82. The van der Waals surface area contributed by atoms with Crippen molar-refractivity contribution in [3.05, 3.63) is 64.1 Å². The van der Waals surface area contributed by atoms with Crippen molar-refractivity contribution in [1.29, 1.82) is 0 Å². The standard InChI is InChI=1S/C19H17ClN4O4/c20-13-3-4-15-14(10-13)18(26)24(12-21-15)11-17(25)22-5-7-23(8-6-22)19(27)16-2-1-9-28-16/h1-4,9-10,12H,5-8,11H2. The van der Waals surface area contributed by atoms with E-state index in [1.165, 1.54) is 17.2 Å². The van der Waals surface area contributed by atoms with E-state index in [9.17, 15) is 14.4 Å². The Morgan fingerprint density at radius 1 is 1.11 bits per heavy atom. The lowest BCUT2D eigenvalue weighted by Crippen LogP contribution is -2.51. The molecule has 1 aromatic carbocycles. The molecule has 0 aliphatic carbocycles. The fraction of sp³-hybridized carbons (Fsp3) is 0.263. The zero-order chi connectivity index (χ0) is 19.7. The first kappa shape index (κ1) is 18.2. The molecule has 0 bridgehead atoms. The van der Waals surface area contributed by atoms with Crippen LogP contribution in [0.15, 0.2) is 52.1 Å². The topological polar surface area (TPSA) is 88.7 Å². The van der Waals surface area contributed by atoms with Gasteiger partial charge in [-0.3, -0.25) is 19.0 Å². The third-order valence-electron chi connectivity index (χ3n) is 4.74. The molecule has 3 heterocycles. The SMILES string of the molecule is O=C(Cn1cnc2ccc(Cl)cc2c1=O)N1CCN(C(=O)c2ccco2)CC1. The van der Waals surface area contributed by atoms with Crippen LogP contribution in [0.25, 0.3) is 10.9 Å². The first-order valence-corrected chi connectivity index (χ1v) is 9.16. The summed E-state index contributed by atoms with van der Waals surface area (Å²) < 4.78 is 6.41. The molecule has 0 spiro atoms. The quantitative estimate of drug-likeness (QED) is 0.666. The lowest BCUT2D eigenvalue weighted by atomic mass is 10.2. The molecule has 144 valence electrons. The number of aromatic nitrogens is 2. The maximum Gasteiger partial charge on any atom is 0.289 e. The molecule has 2 amide bonds. The van der Waals surface area contributed by atoms with E-state index in [0.717, 1.165) is 0 Å². The summed E-state index contributed by atoms with van der Waals surface area (Å²) in [6, 6.07) is 8.16. The maximum absolute atomic E-state index is 12.6. The fourth-order valence-electron chi connectivity index (χ4n) is 3.20. The summed E-state index contributed by atoms with van der Waals surface area (Å²) in [5.41, 5.74) is 0.218. The highest BCUT2D eigenvalue weighted by Crippen LogP contribution is 2.14. The van der Waals surface area contributed by atoms with Crippen LogP contribution in [0.1, 0.15) is 10.6 Å². The minimum Gasteiger partial charge on any atom is -0.459 e. The first-order chi connectivity index (χ1) is 13.5. The highest BCUT2D eigenvalue weighted by Gasteiger charge is 2.26. The molecule has 0 unspecified atom stereocenters. The Kier molecular flexibility index (Phi) is 4.87. The molecule has 0 N–H and O–H groups in total. The highest BCUT2D eigenvalue weighted by molar-refractivity contribution is 6.31. The van der Waals surface area contributed by atoms with Crippen molar-refractivity contribution in [3.8, 4) is 0 Å². The lowest BCUT2D eigenvalue weighted by Gasteiger charge is -2.34. The van der Waals surface area contributed by atoms with Crippen molar-refractivity contribution in [1.82, 2.24) is 19.4 Å². The number of carbonyl (C=O) groups is 2. The summed E-state index contributed by atoms with van der Waals surface area (Å²) in [5.74, 6) is -0.105. The fourth-order valence-corrected chi connectivity index (χ4v) is 3.38. The molecule has 2 aromatic heterocycles. The van der Waals surface area contributed by atoms with E-state index in [0.29, 0.717) is 42.1 Å². The summed E-state index contributed by atoms with van der Waals surface area (Å²) in [5, 5.41) is 0.810. The molecule has 28 heavy (non-hydrogen) atoms. The summed E-state index contributed by atoms with van der Waals surface area (Å²) in [7, 11) is 0. The number of piperazine rings is 1. The van der Waals surface area contributed by atoms with Gasteiger partial charge in [-0.05, 0) is 30.3 Å². The molecular formula is C19H17ClN4O4. The van der Waals surface area contributed by atoms with Gasteiger partial charge in [0.05, 0.1) is 23.5 Å². The van der Waals surface area contributed by atoms with Gasteiger partial charge in [-0.1, -0.05) is 11.6 Å². The number of carbonyl (C=O) groups excluding carboxylic acids is 2. The van der Waals surface area contributed by atoms with Gasteiger partial charge in [0, 0.05) is 31.2 Å². The van der Waals surface area contributed by atoms with Gasteiger partial charge in [-0.15, -0.1) is 0 Å². The monoisotopic (exact) mass is 400 g/mol. The molecular weight excluding hydrogens is 384 g/mol. The van der Waals surface area contributed by atoms with Gasteiger partial charge >= 0.3 is 0 Å². The van der Waals surface area contributed by atoms with Crippen LogP contribution >= 0.6 is 11.6 Å². The van der Waals surface area contributed by atoms with Crippen LogP contribution < -0.4 is 5.56 Å². The average molecular weight is 401 g/mol. The van der Waals surface area contributed by atoms with E-state index in [-0.39, 0.29) is 29.7 Å². The Bertz CT molecular complexity index is 1090. The van der Waals surface area contributed by atoms with E-state index in [1.54, 1.807) is 40.1 Å². The molecule has 1 saturated heterocycles. The second-order valence-corrected chi connectivity index (χ2v) is 6.93. The molecule has 0 radical (unpaired) electrons. The Hall–Kier alpha value is -3.13. The molecule has 8 nitrogen and oxygen atoms in total. The smallest absolute Gasteiger partial charge is 0.289 e. The van der Waals surface area contributed by atoms with Crippen LogP contribution in [0.4, 0.5) is 0 Å². The highest BCUT2D eigenvalue weighted by atomic mass is 35.5. The Balaban J connectivity index is 1.42. The van der Waals surface area contributed by atoms with E-state index in [1.807, 2.05) is 0 Å². The van der Waals surface area contributed by atoms with Gasteiger partial charge in [0.15, 0.2) is 5.76 Å². The summed E-state index contributed by atoms with van der Waals surface area (Å²) in [4.78, 5) is 45.0. The summed E-state index contributed by atoms with van der Waals surface area (Å²) >= 11 is 5.96. The molecule has 0 saturated carbocycles. The normalized spacial score (nSPS) is 14.5. The second kappa shape index (κ2) is 7.47. The molecule has 0 atom stereocenters. The van der Waals surface area contributed by atoms with E-state index in [4.69, 9.17) is 16.0 Å². The van der Waals surface area contributed by atoms with Crippen molar-refractivity contribution in [2.75, 3.05) is 26.2 Å². The largest absolute Gasteiger partial charge is 0.459 e. The van der Waals surface area contributed by atoms with E-state index in [2.05, 4.69) is 4.98 Å².